The zero-order valence-electron chi connectivity index (χ0n) is 22.7. The molecule has 39 heavy (non-hydrogen) atoms. The van der Waals surface area contributed by atoms with E-state index in [1.54, 1.807) is 0 Å². The van der Waals surface area contributed by atoms with Crippen LogP contribution in [-0.2, 0) is 35.7 Å². The van der Waals surface area contributed by atoms with Gasteiger partial charge >= 0.3 is 0 Å². The third kappa shape index (κ3) is 5.32. The topological polar surface area (TPSA) is 50.2 Å². The second-order valence-electron chi connectivity index (χ2n) is 10.8. The van der Waals surface area contributed by atoms with Gasteiger partial charge in [0.2, 0.25) is 0 Å². The van der Waals surface area contributed by atoms with Crippen LogP contribution in [0.1, 0.15) is 56.5 Å². The zero-order valence-corrected chi connectivity index (χ0v) is 25.1. The molecule has 0 unspecified atom stereocenters. The van der Waals surface area contributed by atoms with Crippen LogP contribution in [0.3, 0.4) is 0 Å². The van der Waals surface area contributed by atoms with Gasteiger partial charge in [0.05, 0.1) is 11.2 Å². The molecule has 0 fully saturated rings. The molecule has 199 valence electrons. The minimum atomic E-state index is -0.271. The number of hydrogen-bond donors (Lipinski definition) is 1. The number of aliphatic hydroxyl groups is 1. The molecule has 0 saturated carbocycles. The summed E-state index contributed by atoms with van der Waals surface area (Å²) in [4.78, 5) is 15.5. The summed E-state index contributed by atoms with van der Waals surface area (Å²) in [5.41, 5.74) is 5.94. The van der Waals surface area contributed by atoms with Gasteiger partial charge in [-0.3, -0.25) is 9.78 Å². The maximum absolute atomic E-state index is 10.0. The number of allylic oxidation sites excluding steroid dienone is 2. The van der Waals surface area contributed by atoms with E-state index in [2.05, 4.69) is 105 Å². The van der Waals surface area contributed by atoms with Crippen LogP contribution in [0.25, 0.3) is 21.7 Å². The molecular formula is C35H32IrNO2-. The van der Waals surface area contributed by atoms with Crippen LogP contribution in [0, 0.1) is 6.07 Å². The first-order valence-corrected chi connectivity index (χ1v) is 13.0. The van der Waals surface area contributed by atoms with Crippen LogP contribution in [0.5, 0.6) is 0 Å². The summed E-state index contributed by atoms with van der Waals surface area (Å²) in [5.74, 6) is -0.0625. The molecule has 0 aliphatic heterocycles. The summed E-state index contributed by atoms with van der Waals surface area (Å²) in [6, 6.07) is 38.2. The van der Waals surface area contributed by atoms with Crippen molar-refractivity contribution >= 4 is 27.5 Å². The van der Waals surface area contributed by atoms with Gasteiger partial charge in [-0.15, -0.1) is 35.0 Å². The van der Waals surface area contributed by atoms with Crippen molar-refractivity contribution in [2.24, 2.45) is 0 Å². The first-order valence-electron chi connectivity index (χ1n) is 13.0. The van der Waals surface area contributed by atoms with E-state index >= 15 is 0 Å². The Balaban J connectivity index is 0.000000394. The monoisotopic (exact) mass is 691 g/mol. The normalized spacial score (nSPS) is 15.1. The van der Waals surface area contributed by atoms with Crippen LogP contribution in [0.2, 0.25) is 0 Å². The zero-order chi connectivity index (χ0) is 26.9. The van der Waals surface area contributed by atoms with Crippen molar-refractivity contribution in [1.29, 1.82) is 0 Å². The van der Waals surface area contributed by atoms with E-state index in [0.717, 1.165) is 17.3 Å². The van der Waals surface area contributed by atoms with Gasteiger partial charge in [-0.05, 0) is 53.3 Å². The number of fused-ring (bicyclic) bond motifs is 4. The Morgan fingerprint density at radius 1 is 0.872 bits per heavy atom. The predicted octanol–water partition coefficient (Wildman–Crippen LogP) is 8.24. The van der Waals surface area contributed by atoms with Gasteiger partial charge in [0, 0.05) is 31.9 Å². The number of benzene rings is 4. The molecule has 1 aliphatic rings. The Morgan fingerprint density at radius 2 is 1.46 bits per heavy atom. The van der Waals surface area contributed by atoms with Crippen molar-refractivity contribution in [1.82, 2.24) is 4.98 Å². The average molecular weight is 691 g/mol. The molecule has 0 atom stereocenters. The molecule has 3 nitrogen and oxygen atoms in total. The molecule has 6 rings (SSSR count). The number of hydrogen-bond acceptors (Lipinski definition) is 3. The van der Waals surface area contributed by atoms with E-state index in [4.69, 9.17) is 10.1 Å². The summed E-state index contributed by atoms with van der Waals surface area (Å²) in [5, 5.41) is 11.8. The Morgan fingerprint density at radius 3 is 2.00 bits per heavy atom. The average Bonchev–Trinajstić information content (AvgIpc) is 3.15. The Kier molecular flexibility index (Phi) is 8.20. The van der Waals surface area contributed by atoms with Crippen LogP contribution >= 0.6 is 0 Å². The van der Waals surface area contributed by atoms with E-state index in [9.17, 15) is 4.79 Å². The molecular weight excluding hydrogens is 659 g/mol. The van der Waals surface area contributed by atoms with Crippen molar-refractivity contribution in [3.05, 3.63) is 137 Å². The molecule has 0 saturated heterocycles. The number of pyridine rings is 1. The second-order valence-corrected chi connectivity index (χ2v) is 10.8. The number of aromatic nitrogens is 1. The van der Waals surface area contributed by atoms with Gasteiger partial charge in [0.1, 0.15) is 0 Å². The van der Waals surface area contributed by atoms with Crippen LogP contribution < -0.4 is 0 Å². The molecule has 4 aromatic carbocycles. The smallest absolute Gasteiger partial charge is 0.155 e. The van der Waals surface area contributed by atoms with Crippen molar-refractivity contribution in [3.63, 3.8) is 0 Å². The van der Waals surface area contributed by atoms with Gasteiger partial charge in [0.25, 0.3) is 0 Å². The first kappa shape index (κ1) is 28.4. The number of carbonyl (C=O) groups excluding carboxylic acids is 1. The Labute approximate surface area is 244 Å². The second kappa shape index (κ2) is 11.3. The fourth-order valence-corrected chi connectivity index (χ4v) is 5.90. The SMILES string of the molecule is CC(=O)C=C(C)O.CC1(C)CC(c2ccccc2)(c2ccccc2)c2nc3c(ccc4ccc[c-]c43)cc21.[Ir]. The molecule has 5 aromatic rings. The van der Waals surface area contributed by atoms with E-state index in [0.29, 0.717) is 0 Å². The van der Waals surface area contributed by atoms with Crippen molar-refractivity contribution < 1.29 is 30.0 Å². The maximum Gasteiger partial charge on any atom is 0.155 e. The minimum absolute atomic E-state index is 0. The molecule has 1 aromatic heterocycles. The van der Waals surface area contributed by atoms with Gasteiger partial charge < -0.3 is 5.11 Å². The van der Waals surface area contributed by atoms with E-state index in [-0.39, 0.29) is 42.5 Å². The molecule has 1 radical (unpaired) electrons. The van der Waals surface area contributed by atoms with Crippen LogP contribution in [-0.4, -0.2) is 15.9 Å². The van der Waals surface area contributed by atoms with Crippen molar-refractivity contribution in [2.75, 3.05) is 0 Å². The third-order valence-electron chi connectivity index (χ3n) is 7.41. The number of ketones is 1. The van der Waals surface area contributed by atoms with Crippen LogP contribution in [0.4, 0.5) is 0 Å². The summed E-state index contributed by atoms with van der Waals surface area (Å²) in [6.45, 7) is 7.57. The fourth-order valence-electron chi connectivity index (χ4n) is 5.90. The molecule has 1 N–H and O–H groups in total. The molecule has 0 bridgehead atoms. The number of aliphatic hydroxyl groups excluding tert-OH is 1. The molecule has 1 heterocycles. The summed E-state index contributed by atoms with van der Waals surface area (Å²) >= 11 is 0. The Hall–Kier alpha value is -3.59. The standard InChI is InChI=1S/C30H24N.C5H8O2.Ir/c1-29(2)20-30(23-12-5-3-6-13-23,24-14-7-4-8-15-24)28-26(29)19-22-18-17-21-11-9-10-16-25(21)27(22)31-28;1-4(6)3-5(2)7;/h3-15,17-19H,20H2,1-2H3;3,6H,1-2H3;/q-1;;. The van der Waals surface area contributed by atoms with Gasteiger partial charge in [-0.2, -0.15) is 0 Å². The quantitative estimate of drug-likeness (QED) is 0.0899. The van der Waals surface area contributed by atoms with Crippen LogP contribution in [0.15, 0.2) is 109 Å². The fraction of sp³-hybridized carbons (Fsp3) is 0.200. The van der Waals surface area contributed by atoms with E-state index in [1.165, 1.54) is 53.1 Å². The first-order chi connectivity index (χ1) is 18.2. The van der Waals surface area contributed by atoms with Crippen molar-refractivity contribution in [3.8, 4) is 0 Å². The number of nitrogens with zero attached hydrogens (tertiary/aromatic N) is 1. The van der Waals surface area contributed by atoms with Gasteiger partial charge in [0.15, 0.2) is 5.78 Å². The third-order valence-corrected chi connectivity index (χ3v) is 7.41. The van der Waals surface area contributed by atoms with Crippen molar-refractivity contribution in [2.45, 2.75) is 44.9 Å². The molecule has 1 aliphatic carbocycles. The largest absolute Gasteiger partial charge is 0.512 e. The summed E-state index contributed by atoms with van der Waals surface area (Å²) in [6.07, 6.45) is 2.16. The maximum atomic E-state index is 10.0. The summed E-state index contributed by atoms with van der Waals surface area (Å²) < 4.78 is 0. The predicted molar refractivity (Wildman–Crippen MR) is 156 cm³/mol. The minimum Gasteiger partial charge on any atom is -0.512 e. The molecule has 4 heteroatoms. The van der Waals surface area contributed by atoms with E-state index < -0.39 is 0 Å². The number of carbonyl (C=O) groups is 1. The van der Waals surface area contributed by atoms with Gasteiger partial charge in [-0.25, -0.2) is 0 Å². The number of rotatable bonds is 3. The van der Waals surface area contributed by atoms with E-state index in [1.807, 2.05) is 12.1 Å². The molecule has 0 amide bonds. The summed E-state index contributed by atoms with van der Waals surface area (Å²) in [7, 11) is 0. The molecule has 0 spiro atoms. The van der Waals surface area contributed by atoms with Gasteiger partial charge in [-0.1, -0.05) is 92.7 Å². The Bertz CT molecular complexity index is 1610.